The Morgan fingerprint density at radius 2 is 0.949 bits per heavy atom. The second-order valence-corrected chi connectivity index (χ2v) is 25.8. The van der Waals surface area contributed by atoms with Gasteiger partial charge in [0, 0.05) is 79.5 Å². The molecule has 0 aromatic carbocycles. The predicted octanol–water partition coefficient (Wildman–Crippen LogP) is -8.83. The smallest absolute Gasteiger partial charge is 0.394 e. The van der Waals surface area contributed by atoms with Crippen molar-refractivity contribution in [3.05, 3.63) is 0 Å². The highest BCUT2D eigenvalue weighted by Gasteiger charge is 2.48. The Labute approximate surface area is 568 Å². The molecule has 0 aromatic heterocycles. The van der Waals surface area contributed by atoms with Crippen molar-refractivity contribution in [3.63, 3.8) is 0 Å². The van der Waals surface area contributed by atoms with Crippen LogP contribution in [0.1, 0.15) is 80.1 Å². The van der Waals surface area contributed by atoms with E-state index in [1.165, 1.54) is 51.3 Å². The lowest BCUT2D eigenvalue weighted by Crippen LogP contribution is -2.64. The molecule has 3 rings (SSSR count). The summed E-state index contributed by atoms with van der Waals surface area (Å²) in [7, 11) is -4.54. The number of phosphoric acid groups is 1. The van der Waals surface area contributed by atoms with Crippen LogP contribution in [0.3, 0.4) is 0 Å². The zero-order chi connectivity index (χ0) is 73.1. The van der Waals surface area contributed by atoms with Crippen LogP contribution in [0.2, 0.25) is 0 Å². The Morgan fingerprint density at radius 1 is 0.510 bits per heavy atom. The Bertz CT molecular complexity index is 2390. The largest absolute Gasteiger partial charge is 0.472 e. The second-order valence-electron chi connectivity index (χ2n) is 24.4. The van der Waals surface area contributed by atoms with Gasteiger partial charge in [-0.2, -0.15) is 0 Å². The van der Waals surface area contributed by atoms with Gasteiger partial charge < -0.3 is 136 Å². The van der Waals surface area contributed by atoms with Crippen LogP contribution in [0.4, 0.5) is 0 Å². The van der Waals surface area contributed by atoms with Crippen LogP contribution < -0.4 is 37.2 Å². The molecule has 16 unspecified atom stereocenters. The minimum absolute atomic E-state index is 0.0101. The van der Waals surface area contributed by atoms with Gasteiger partial charge in [0.2, 0.25) is 47.3 Å². The number of aliphatic hydroxyl groups is 10. The molecule has 39 nitrogen and oxygen atoms in total. The summed E-state index contributed by atoms with van der Waals surface area (Å²) in [5.74, 6) is -4.46. The highest BCUT2D eigenvalue weighted by atomic mass is 31.2. The zero-order valence-electron chi connectivity index (χ0n) is 56.3. The number of hydrogen-bond acceptors (Lipinski definition) is 30. The molecule has 3 aliphatic heterocycles. The monoisotopic (exact) mass is 1440 g/mol. The van der Waals surface area contributed by atoms with Crippen molar-refractivity contribution in [3.8, 4) is 0 Å². The van der Waals surface area contributed by atoms with Gasteiger partial charge in [-0.25, -0.2) is 4.57 Å². The summed E-state index contributed by atoms with van der Waals surface area (Å²) >= 11 is 0. The fourth-order valence-corrected chi connectivity index (χ4v) is 11.3. The molecule has 0 radical (unpaired) electrons. The minimum atomic E-state index is -4.54. The molecular formula is C58H106N9O30P. The first kappa shape index (κ1) is 87.3. The van der Waals surface area contributed by atoms with E-state index in [2.05, 4.69) is 37.2 Å². The van der Waals surface area contributed by atoms with Crippen molar-refractivity contribution < 1.29 is 146 Å². The van der Waals surface area contributed by atoms with E-state index in [1.54, 1.807) is 0 Å². The SMILES string of the molecule is CC(=O)NC1C(CCCOCCNC(=O)CN(CCCN(CC(=O)NCCOCCOC2OC(CO)C(O)C(O)C2NC(C)=O)C(=O)CCCC(=O)NC[C@H](O)COP(=O)(O)OC(C)(C)C)CC(=O)NCCOCCOC2OC(CO)C(O)C(O)C2NC(C)=O)OC(CO)C(O)C1O. The van der Waals surface area contributed by atoms with Gasteiger partial charge in [0.15, 0.2) is 12.6 Å². The number of carbonyl (C=O) groups excluding carboxylic acids is 8. The maximum absolute atomic E-state index is 13.9. The average Bonchev–Trinajstić information content (AvgIpc) is 0.825. The first-order valence-corrected chi connectivity index (χ1v) is 33.9. The van der Waals surface area contributed by atoms with Gasteiger partial charge in [-0.05, 0) is 46.5 Å². The Morgan fingerprint density at radius 3 is 1.41 bits per heavy atom. The van der Waals surface area contributed by atoms with Crippen LogP contribution in [0.15, 0.2) is 0 Å². The Balaban J connectivity index is 1.66. The summed E-state index contributed by atoms with van der Waals surface area (Å²) in [5.41, 5.74) is -1.04. The molecule has 3 heterocycles. The lowest BCUT2D eigenvalue weighted by atomic mass is 9.90. The number of phosphoric ester groups is 1. The molecule has 98 heavy (non-hydrogen) atoms. The van der Waals surface area contributed by atoms with Crippen molar-refractivity contribution >= 4 is 55.1 Å². The summed E-state index contributed by atoms with van der Waals surface area (Å²) in [6.07, 6.45) is -17.0. The van der Waals surface area contributed by atoms with Crippen molar-refractivity contribution in [1.82, 2.24) is 47.0 Å². The van der Waals surface area contributed by atoms with Gasteiger partial charge in [0.1, 0.15) is 67.0 Å². The molecule has 568 valence electrons. The first-order valence-electron chi connectivity index (χ1n) is 32.4. The van der Waals surface area contributed by atoms with Gasteiger partial charge in [-0.1, -0.05) is 0 Å². The van der Waals surface area contributed by atoms with Crippen LogP contribution in [0, 0.1) is 0 Å². The van der Waals surface area contributed by atoms with Crippen molar-refractivity contribution in [2.24, 2.45) is 0 Å². The summed E-state index contributed by atoms with van der Waals surface area (Å²) in [6, 6.07) is -3.33. The van der Waals surface area contributed by atoms with Gasteiger partial charge in [0.05, 0.1) is 116 Å². The molecule has 3 saturated heterocycles. The van der Waals surface area contributed by atoms with E-state index in [4.69, 9.17) is 46.9 Å². The summed E-state index contributed by atoms with van der Waals surface area (Å²) in [6.45, 7) is 3.43. The van der Waals surface area contributed by atoms with Crippen molar-refractivity contribution in [2.75, 3.05) is 138 Å². The normalized spacial score (nSPS) is 26.7. The molecular weight excluding hydrogens is 1330 g/mol. The molecule has 0 bridgehead atoms. The van der Waals surface area contributed by atoms with Gasteiger partial charge in [-0.15, -0.1) is 0 Å². The molecule has 0 spiro atoms. The topological polar surface area (TPSA) is 559 Å². The fraction of sp³-hybridized carbons (Fsp3) is 0.862. The standard InChI is InChI=1S/C58H106N9O30P/c1-34(71)63-47-38(94-39(30-68)50(80)53(47)83)10-8-18-88-19-13-59-43(76)27-66(28-44(77)60-14-20-89-22-24-91-56-48(64-35(2)72)54(84)51(81)40(31-69)95-56)16-9-17-67(46(79)12-7-11-42(75)62-26-37(74)33-93-98(86,87)97-58(4,5)6)29-45(78)61-15-21-90-23-25-92-57-49(65-36(3)73)55(85)52(82)41(32-70)96-57/h37-41,47-57,68-70,74,80-85H,7-33H2,1-6H3,(H,59,76)(H,60,77)(H,61,78)(H,62,75)(H,63,71)(H,64,72)(H,65,73)(H,86,87)/t37-,38?,39?,40?,41?,47?,48?,49?,50?,51?,52?,53?,54?,55?,56?,57?/m0/s1. The molecule has 17 atom stereocenters. The number of ether oxygens (including phenoxy) is 8. The molecule has 18 N–H and O–H groups in total. The third kappa shape index (κ3) is 33.7. The van der Waals surface area contributed by atoms with Crippen molar-refractivity contribution in [2.45, 2.75) is 184 Å². The van der Waals surface area contributed by atoms with E-state index >= 15 is 0 Å². The number of rotatable bonds is 47. The van der Waals surface area contributed by atoms with Gasteiger partial charge >= 0.3 is 7.82 Å². The molecule has 40 heteroatoms. The van der Waals surface area contributed by atoms with Crippen LogP contribution in [0.5, 0.6) is 0 Å². The number of nitrogens with zero attached hydrogens (tertiary/aromatic N) is 2. The molecule has 0 aromatic rings. The average molecular weight is 1440 g/mol. The zero-order valence-corrected chi connectivity index (χ0v) is 57.2. The number of aliphatic hydroxyl groups excluding tert-OH is 10. The van der Waals surface area contributed by atoms with E-state index in [0.717, 1.165) is 0 Å². The summed E-state index contributed by atoms with van der Waals surface area (Å²) in [4.78, 5) is 115. The Hall–Kier alpha value is -4.89. The quantitative estimate of drug-likeness (QED) is 0.0199. The van der Waals surface area contributed by atoms with E-state index in [0.29, 0.717) is 6.42 Å². The maximum atomic E-state index is 13.9. The summed E-state index contributed by atoms with van der Waals surface area (Å²) < 4.78 is 67.0. The molecule has 8 amide bonds. The van der Waals surface area contributed by atoms with E-state index in [1.807, 2.05) is 0 Å². The number of carbonyl (C=O) groups is 8. The van der Waals surface area contributed by atoms with Gasteiger partial charge in [0.25, 0.3) is 0 Å². The van der Waals surface area contributed by atoms with E-state index in [9.17, 15) is 98.9 Å². The fourth-order valence-electron chi connectivity index (χ4n) is 10.2. The highest BCUT2D eigenvalue weighted by molar-refractivity contribution is 7.47. The second kappa shape index (κ2) is 45.9. The van der Waals surface area contributed by atoms with Crippen LogP contribution in [0.25, 0.3) is 0 Å². The highest BCUT2D eigenvalue weighted by Crippen LogP contribution is 2.47. The molecule has 0 saturated carbocycles. The Kier molecular flexibility index (Phi) is 40.9. The van der Waals surface area contributed by atoms with E-state index < -0.39 is 192 Å². The summed E-state index contributed by atoms with van der Waals surface area (Å²) in [5, 5.41) is 120. The van der Waals surface area contributed by atoms with Crippen LogP contribution >= 0.6 is 7.82 Å². The number of nitrogens with one attached hydrogen (secondary N) is 7. The van der Waals surface area contributed by atoms with Gasteiger partial charge in [-0.3, -0.25) is 52.3 Å². The predicted molar refractivity (Wildman–Crippen MR) is 336 cm³/mol. The molecule has 3 fully saturated rings. The first-order chi connectivity index (χ1) is 46.3. The molecule has 0 aliphatic carbocycles. The third-order valence-corrected chi connectivity index (χ3v) is 16.1. The molecule has 3 aliphatic rings. The lowest BCUT2D eigenvalue weighted by Gasteiger charge is -2.42. The lowest BCUT2D eigenvalue weighted by molar-refractivity contribution is -0.272. The number of amides is 8. The van der Waals surface area contributed by atoms with E-state index in [-0.39, 0.29) is 137 Å². The van der Waals surface area contributed by atoms with Crippen molar-refractivity contribution in [1.29, 1.82) is 0 Å². The van der Waals surface area contributed by atoms with Crippen LogP contribution in [-0.2, 0) is 89.9 Å². The third-order valence-electron chi connectivity index (χ3n) is 14.9. The minimum Gasteiger partial charge on any atom is -0.394 e. The maximum Gasteiger partial charge on any atom is 0.472 e. The number of hydrogen-bond donors (Lipinski definition) is 18. The van der Waals surface area contributed by atoms with Crippen LogP contribution in [-0.4, -0.2) is 355 Å².